The lowest BCUT2D eigenvalue weighted by Gasteiger charge is -2.26. The van der Waals surface area contributed by atoms with Crippen molar-refractivity contribution in [2.45, 2.75) is 25.4 Å². The van der Waals surface area contributed by atoms with Gasteiger partial charge >= 0.3 is 0 Å². The zero-order valence-corrected chi connectivity index (χ0v) is 10.5. The molecule has 1 aliphatic carbocycles. The summed E-state index contributed by atoms with van der Waals surface area (Å²) in [5, 5.41) is 4.22. The van der Waals surface area contributed by atoms with E-state index in [4.69, 9.17) is 26.6 Å². The minimum atomic E-state index is 0.314. The van der Waals surface area contributed by atoms with Crippen LogP contribution < -0.4 is 10.5 Å². The van der Waals surface area contributed by atoms with Crippen LogP contribution in [0.1, 0.15) is 19.3 Å². The fraction of sp³-hybridized carbons (Fsp3) is 0.308. The Kier molecular flexibility index (Phi) is 2.88. The van der Waals surface area contributed by atoms with Gasteiger partial charge in [0.05, 0.1) is 11.1 Å². The summed E-state index contributed by atoms with van der Waals surface area (Å²) in [7, 11) is 0. The SMILES string of the molecule is Nc1cc(-c2ccc(OC3CCC3)c(Cl)c2)on1. The van der Waals surface area contributed by atoms with Crippen molar-refractivity contribution < 1.29 is 9.26 Å². The molecule has 2 aromatic rings. The first-order valence-electron chi connectivity index (χ1n) is 5.91. The Morgan fingerprint density at radius 3 is 2.72 bits per heavy atom. The van der Waals surface area contributed by atoms with Gasteiger partial charge in [-0.05, 0) is 37.5 Å². The van der Waals surface area contributed by atoms with E-state index in [0.717, 1.165) is 24.2 Å². The van der Waals surface area contributed by atoms with Gasteiger partial charge in [0, 0.05) is 11.6 Å². The normalized spacial score (nSPS) is 15.4. The highest BCUT2D eigenvalue weighted by Crippen LogP contribution is 2.34. The van der Waals surface area contributed by atoms with Crippen LogP contribution in [0.15, 0.2) is 28.8 Å². The summed E-state index contributed by atoms with van der Waals surface area (Å²) in [5.74, 6) is 1.68. The number of hydrogen-bond donors (Lipinski definition) is 1. The molecule has 1 aromatic carbocycles. The highest BCUT2D eigenvalue weighted by molar-refractivity contribution is 6.32. The minimum absolute atomic E-state index is 0.314. The Labute approximate surface area is 110 Å². The number of anilines is 1. The third-order valence-corrected chi connectivity index (χ3v) is 3.39. The third-order valence-electron chi connectivity index (χ3n) is 3.09. The predicted octanol–water partition coefficient (Wildman–Crippen LogP) is 3.51. The number of nitrogen functional groups attached to an aromatic ring is 1. The van der Waals surface area contributed by atoms with E-state index in [2.05, 4.69) is 5.16 Å². The number of ether oxygens (including phenoxy) is 1. The van der Waals surface area contributed by atoms with Crippen molar-refractivity contribution in [2.24, 2.45) is 0 Å². The Bertz CT molecular complexity index is 564. The van der Waals surface area contributed by atoms with E-state index in [0.29, 0.717) is 22.7 Å². The Balaban J connectivity index is 1.83. The van der Waals surface area contributed by atoms with Gasteiger partial charge in [0.25, 0.3) is 0 Å². The summed E-state index contributed by atoms with van der Waals surface area (Å²) >= 11 is 6.19. The minimum Gasteiger partial charge on any atom is -0.489 e. The van der Waals surface area contributed by atoms with Gasteiger partial charge in [-0.2, -0.15) is 0 Å². The first-order valence-corrected chi connectivity index (χ1v) is 6.29. The second-order valence-electron chi connectivity index (χ2n) is 4.43. The summed E-state index contributed by atoms with van der Waals surface area (Å²) in [6, 6.07) is 7.21. The van der Waals surface area contributed by atoms with Gasteiger partial charge in [0.1, 0.15) is 5.75 Å². The molecule has 4 nitrogen and oxygen atoms in total. The monoisotopic (exact) mass is 264 g/mol. The van der Waals surface area contributed by atoms with E-state index in [-0.39, 0.29) is 0 Å². The van der Waals surface area contributed by atoms with E-state index in [1.54, 1.807) is 12.1 Å². The molecule has 1 aliphatic rings. The van der Waals surface area contributed by atoms with Crippen LogP contribution in [0, 0.1) is 0 Å². The zero-order chi connectivity index (χ0) is 12.5. The first kappa shape index (κ1) is 11.4. The maximum atomic E-state index is 6.19. The van der Waals surface area contributed by atoms with Gasteiger partial charge in [0.2, 0.25) is 0 Å². The highest BCUT2D eigenvalue weighted by atomic mass is 35.5. The molecule has 1 saturated carbocycles. The molecule has 94 valence electrons. The maximum Gasteiger partial charge on any atom is 0.169 e. The van der Waals surface area contributed by atoms with Crippen molar-refractivity contribution in [1.29, 1.82) is 0 Å². The Morgan fingerprint density at radius 2 is 2.17 bits per heavy atom. The molecule has 5 heteroatoms. The standard InChI is InChI=1S/C13H13ClN2O2/c14-10-6-8(12-7-13(15)16-18-12)4-5-11(10)17-9-2-1-3-9/h4-7,9H,1-3H2,(H2,15,16). The maximum absolute atomic E-state index is 6.19. The summed E-state index contributed by atoms with van der Waals surface area (Å²) in [4.78, 5) is 0. The number of benzene rings is 1. The van der Waals surface area contributed by atoms with E-state index in [1.807, 2.05) is 12.1 Å². The molecule has 0 unspecified atom stereocenters. The molecule has 1 fully saturated rings. The van der Waals surface area contributed by atoms with Crippen molar-refractivity contribution in [3.63, 3.8) is 0 Å². The largest absolute Gasteiger partial charge is 0.489 e. The molecule has 0 radical (unpaired) electrons. The van der Waals surface area contributed by atoms with Crippen LogP contribution in [0.2, 0.25) is 5.02 Å². The van der Waals surface area contributed by atoms with Crippen LogP contribution in [-0.4, -0.2) is 11.3 Å². The molecule has 0 atom stereocenters. The van der Waals surface area contributed by atoms with Crippen LogP contribution >= 0.6 is 11.6 Å². The molecule has 0 amide bonds. The molecule has 1 aromatic heterocycles. The topological polar surface area (TPSA) is 61.3 Å². The van der Waals surface area contributed by atoms with Crippen LogP contribution in [0.3, 0.4) is 0 Å². The quantitative estimate of drug-likeness (QED) is 0.921. The molecular formula is C13H13ClN2O2. The average molecular weight is 265 g/mol. The van der Waals surface area contributed by atoms with Crippen molar-refractivity contribution in [3.8, 4) is 17.1 Å². The lowest BCUT2D eigenvalue weighted by molar-refractivity contribution is 0.120. The number of nitrogens with two attached hydrogens (primary N) is 1. The van der Waals surface area contributed by atoms with Gasteiger partial charge in [-0.25, -0.2) is 0 Å². The third kappa shape index (κ3) is 2.16. The fourth-order valence-electron chi connectivity index (χ4n) is 1.84. The van der Waals surface area contributed by atoms with Crippen LogP contribution in [0.25, 0.3) is 11.3 Å². The second-order valence-corrected chi connectivity index (χ2v) is 4.84. The summed E-state index contributed by atoms with van der Waals surface area (Å²) < 4.78 is 10.9. The number of aromatic nitrogens is 1. The molecule has 18 heavy (non-hydrogen) atoms. The zero-order valence-electron chi connectivity index (χ0n) is 9.73. The smallest absolute Gasteiger partial charge is 0.169 e. The van der Waals surface area contributed by atoms with Crippen LogP contribution in [0.4, 0.5) is 5.82 Å². The predicted molar refractivity (Wildman–Crippen MR) is 69.6 cm³/mol. The van der Waals surface area contributed by atoms with Crippen LogP contribution in [-0.2, 0) is 0 Å². The molecule has 2 N–H and O–H groups in total. The van der Waals surface area contributed by atoms with Gasteiger partial charge < -0.3 is 15.0 Å². The van der Waals surface area contributed by atoms with Gasteiger partial charge in [-0.3, -0.25) is 0 Å². The highest BCUT2D eigenvalue weighted by Gasteiger charge is 2.20. The molecule has 0 bridgehead atoms. The van der Waals surface area contributed by atoms with Gasteiger partial charge in [-0.1, -0.05) is 16.8 Å². The first-order chi connectivity index (χ1) is 8.72. The second kappa shape index (κ2) is 4.53. The summed E-state index contributed by atoms with van der Waals surface area (Å²) in [6.07, 6.45) is 3.76. The Hall–Kier alpha value is -1.68. The Morgan fingerprint density at radius 1 is 1.33 bits per heavy atom. The van der Waals surface area contributed by atoms with E-state index < -0.39 is 0 Å². The fourth-order valence-corrected chi connectivity index (χ4v) is 2.07. The van der Waals surface area contributed by atoms with E-state index in [9.17, 15) is 0 Å². The lowest BCUT2D eigenvalue weighted by Crippen LogP contribution is -2.24. The number of nitrogens with zero attached hydrogens (tertiary/aromatic N) is 1. The summed E-state index contributed by atoms with van der Waals surface area (Å²) in [6.45, 7) is 0. The average Bonchev–Trinajstić information content (AvgIpc) is 2.72. The van der Waals surface area contributed by atoms with Gasteiger partial charge in [-0.15, -0.1) is 0 Å². The molecular weight excluding hydrogens is 252 g/mol. The van der Waals surface area contributed by atoms with Crippen molar-refractivity contribution >= 4 is 17.4 Å². The molecule has 3 rings (SSSR count). The van der Waals surface area contributed by atoms with Gasteiger partial charge in [0.15, 0.2) is 11.6 Å². The molecule has 0 spiro atoms. The van der Waals surface area contributed by atoms with Crippen molar-refractivity contribution in [1.82, 2.24) is 5.16 Å². The van der Waals surface area contributed by atoms with E-state index >= 15 is 0 Å². The van der Waals surface area contributed by atoms with E-state index in [1.165, 1.54) is 6.42 Å². The number of rotatable bonds is 3. The lowest BCUT2D eigenvalue weighted by atomic mass is 9.96. The van der Waals surface area contributed by atoms with Crippen molar-refractivity contribution in [2.75, 3.05) is 5.73 Å². The molecule has 0 saturated heterocycles. The molecule has 1 heterocycles. The summed E-state index contributed by atoms with van der Waals surface area (Å²) in [5.41, 5.74) is 6.35. The number of hydrogen-bond acceptors (Lipinski definition) is 4. The molecule has 0 aliphatic heterocycles. The number of halogens is 1. The van der Waals surface area contributed by atoms with Crippen LogP contribution in [0.5, 0.6) is 5.75 Å². The van der Waals surface area contributed by atoms with Crippen molar-refractivity contribution in [3.05, 3.63) is 29.3 Å².